The van der Waals surface area contributed by atoms with Crippen LogP contribution in [-0.2, 0) is 14.6 Å². The number of hydrogen-bond donors (Lipinski definition) is 1. The highest BCUT2D eigenvalue weighted by Crippen LogP contribution is 2.25. The van der Waals surface area contributed by atoms with E-state index in [1.165, 1.54) is 31.2 Å². The quantitative estimate of drug-likeness (QED) is 0.822. The molecule has 1 rings (SSSR count). The number of nitrogens with one attached hydrogen (secondary N) is 1. The number of hydrogen-bond acceptors (Lipinski definition) is 4. The highest BCUT2D eigenvalue weighted by molar-refractivity contribution is 7.95. The van der Waals surface area contributed by atoms with Gasteiger partial charge in [0.15, 0.2) is 0 Å². The normalized spacial score (nSPS) is 10.4. The molecule has 0 radical (unpaired) electrons. The molecule has 0 saturated heterocycles. The number of sulfone groups is 1. The van der Waals surface area contributed by atoms with Gasteiger partial charge in [-0.1, -0.05) is 18.7 Å². The van der Waals surface area contributed by atoms with Crippen molar-refractivity contribution in [3.05, 3.63) is 35.7 Å². The second-order valence-electron chi connectivity index (χ2n) is 3.22. The Morgan fingerprint density at radius 2 is 2.00 bits per heavy atom. The summed E-state index contributed by atoms with van der Waals surface area (Å²) < 4.78 is 23.8. The summed E-state index contributed by atoms with van der Waals surface area (Å²) in [7, 11) is -3.94. The number of allylic oxidation sites excluding steroid dienone is 1. The van der Waals surface area contributed by atoms with Crippen LogP contribution in [0.1, 0.15) is 6.92 Å². The van der Waals surface area contributed by atoms with Gasteiger partial charge in [-0.2, -0.15) is 5.26 Å². The summed E-state index contributed by atoms with van der Waals surface area (Å²) in [4.78, 5) is 10.2. The lowest BCUT2D eigenvalue weighted by Gasteiger charge is -2.09. The number of nitrogens with zero attached hydrogens (tertiary/aromatic N) is 1. The second kappa shape index (κ2) is 4.80. The molecule has 5 nitrogen and oxygen atoms in total. The third kappa shape index (κ3) is 2.71. The molecule has 1 aromatic rings. The molecule has 0 aliphatic rings. The SMILES string of the molecule is C=C(C#N)S(=O)(=O)c1ccccc1NC(C)=O. The van der Waals surface area contributed by atoms with Crippen LogP contribution >= 0.6 is 0 Å². The molecule has 0 saturated carbocycles. The van der Waals surface area contributed by atoms with Gasteiger partial charge in [0.1, 0.15) is 11.0 Å². The van der Waals surface area contributed by atoms with Gasteiger partial charge in [0, 0.05) is 6.92 Å². The minimum Gasteiger partial charge on any atom is -0.325 e. The molecule has 0 unspecified atom stereocenters. The molecular formula is C11H10N2O3S. The van der Waals surface area contributed by atoms with Crippen molar-refractivity contribution in [1.29, 1.82) is 5.26 Å². The first-order valence-electron chi connectivity index (χ1n) is 4.60. The Labute approximate surface area is 99.3 Å². The maximum Gasteiger partial charge on any atom is 0.221 e. The molecule has 1 N–H and O–H groups in total. The van der Waals surface area contributed by atoms with Crippen molar-refractivity contribution >= 4 is 21.4 Å². The zero-order valence-electron chi connectivity index (χ0n) is 9.10. The van der Waals surface area contributed by atoms with Crippen molar-refractivity contribution in [1.82, 2.24) is 0 Å². The Kier molecular flexibility index (Phi) is 3.66. The first-order valence-corrected chi connectivity index (χ1v) is 6.08. The van der Waals surface area contributed by atoms with Gasteiger partial charge < -0.3 is 5.32 Å². The van der Waals surface area contributed by atoms with Crippen LogP contribution in [0.15, 0.2) is 40.6 Å². The molecule has 0 aliphatic carbocycles. The van der Waals surface area contributed by atoms with Gasteiger partial charge in [0.25, 0.3) is 0 Å². The molecule has 0 atom stereocenters. The third-order valence-corrected chi connectivity index (χ3v) is 3.61. The Balaban J connectivity index is 3.38. The summed E-state index contributed by atoms with van der Waals surface area (Å²) >= 11 is 0. The fourth-order valence-electron chi connectivity index (χ4n) is 1.19. The molecule has 1 aromatic carbocycles. The number of para-hydroxylation sites is 1. The molecular weight excluding hydrogens is 240 g/mol. The minimum atomic E-state index is -3.94. The molecule has 1 amide bonds. The van der Waals surface area contributed by atoms with E-state index in [0.29, 0.717) is 0 Å². The Morgan fingerprint density at radius 3 is 2.53 bits per heavy atom. The number of amides is 1. The van der Waals surface area contributed by atoms with E-state index in [-0.39, 0.29) is 10.6 Å². The highest BCUT2D eigenvalue weighted by atomic mass is 32.2. The van der Waals surface area contributed by atoms with Crippen LogP contribution < -0.4 is 5.32 Å². The predicted molar refractivity (Wildman–Crippen MR) is 62.7 cm³/mol. The van der Waals surface area contributed by atoms with Crippen molar-refractivity contribution < 1.29 is 13.2 Å². The molecule has 0 bridgehead atoms. The van der Waals surface area contributed by atoms with Gasteiger partial charge in [-0.3, -0.25) is 4.79 Å². The van der Waals surface area contributed by atoms with E-state index in [1.807, 2.05) is 0 Å². The van der Waals surface area contributed by atoms with Gasteiger partial charge in [-0.15, -0.1) is 0 Å². The first kappa shape index (κ1) is 12.9. The van der Waals surface area contributed by atoms with Crippen molar-refractivity contribution in [2.45, 2.75) is 11.8 Å². The molecule has 6 heteroatoms. The predicted octanol–water partition coefficient (Wildman–Crippen LogP) is 1.46. The van der Waals surface area contributed by atoms with E-state index < -0.39 is 20.6 Å². The Morgan fingerprint density at radius 1 is 1.41 bits per heavy atom. The number of nitriles is 1. The first-order chi connectivity index (χ1) is 7.89. The van der Waals surface area contributed by atoms with Crippen LogP contribution in [0, 0.1) is 11.3 Å². The van der Waals surface area contributed by atoms with Crippen molar-refractivity contribution in [3.63, 3.8) is 0 Å². The van der Waals surface area contributed by atoms with E-state index in [0.717, 1.165) is 0 Å². The van der Waals surface area contributed by atoms with Crippen molar-refractivity contribution in [2.24, 2.45) is 0 Å². The van der Waals surface area contributed by atoms with E-state index in [2.05, 4.69) is 11.9 Å². The number of benzene rings is 1. The van der Waals surface area contributed by atoms with Gasteiger partial charge in [0.2, 0.25) is 15.7 Å². The number of rotatable bonds is 3. The van der Waals surface area contributed by atoms with Crippen LogP contribution in [0.3, 0.4) is 0 Å². The van der Waals surface area contributed by atoms with E-state index in [1.54, 1.807) is 6.07 Å². The van der Waals surface area contributed by atoms with E-state index in [4.69, 9.17) is 5.26 Å². The summed E-state index contributed by atoms with van der Waals surface area (Å²) in [6, 6.07) is 7.33. The fourth-order valence-corrected chi connectivity index (χ4v) is 2.24. The summed E-state index contributed by atoms with van der Waals surface area (Å²) in [5.41, 5.74) is 0.136. The molecule has 0 aromatic heterocycles. The van der Waals surface area contributed by atoms with Gasteiger partial charge in [-0.05, 0) is 12.1 Å². The minimum absolute atomic E-state index is 0.136. The summed E-state index contributed by atoms with van der Waals surface area (Å²) in [5.74, 6) is -0.393. The van der Waals surface area contributed by atoms with E-state index in [9.17, 15) is 13.2 Å². The van der Waals surface area contributed by atoms with Crippen molar-refractivity contribution in [2.75, 3.05) is 5.32 Å². The zero-order chi connectivity index (χ0) is 13.1. The fraction of sp³-hybridized carbons (Fsp3) is 0.0909. The Hall–Kier alpha value is -2.13. The smallest absolute Gasteiger partial charge is 0.221 e. The largest absolute Gasteiger partial charge is 0.325 e. The average molecular weight is 250 g/mol. The lowest BCUT2D eigenvalue weighted by molar-refractivity contribution is -0.114. The lowest BCUT2D eigenvalue weighted by atomic mass is 10.3. The zero-order valence-corrected chi connectivity index (χ0v) is 9.91. The molecule has 0 fully saturated rings. The van der Waals surface area contributed by atoms with Crippen LogP contribution in [-0.4, -0.2) is 14.3 Å². The molecule has 0 spiro atoms. The summed E-state index contributed by atoms with van der Waals surface area (Å²) in [6.07, 6.45) is 0. The maximum atomic E-state index is 11.9. The average Bonchev–Trinajstić information content (AvgIpc) is 2.27. The third-order valence-electron chi connectivity index (χ3n) is 1.94. The molecule has 17 heavy (non-hydrogen) atoms. The van der Waals surface area contributed by atoms with Gasteiger partial charge >= 0.3 is 0 Å². The highest BCUT2D eigenvalue weighted by Gasteiger charge is 2.22. The van der Waals surface area contributed by atoms with Crippen LogP contribution in [0.4, 0.5) is 5.69 Å². The second-order valence-corrected chi connectivity index (χ2v) is 5.16. The standard InChI is InChI=1S/C11H10N2O3S/c1-8(7-12)17(15,16)11-6-4-3-5-10(11)13-9(2)14/h3-6H,1H2,2H3,(H,13,14). The van der Waals surface area contributed by atoms with Crippen molar-refractivity contribution in [3.8, 4) is 6.07 Å². The summed E-state index contributed by atoms with van der Waals surface area (Å²) in [5, 5.41) is 11.0. The van der Waals surface area contributed by atoms with Crippen LogP contribution in [0.2, 0.25) is 0 Å². The summed E-state index contributed by atoms with van der Waals surface area (Å²) in [6.45, 7) is 4.45. The number of carbonyl (C=O) groups is 1. The number of anilines is 1. The van der Waals surface area contributed by atoms with Gasteiger partial charge in [0.05, 0.1) is 10.6 Å². The molecule has 88 valence electrons. The number of carbonyl (C=O) groups excluding carboxylic acids is 1. The maximum absolute atomic E-state index is 11.9. The lowest BCUT2D eigenvalue weighted by Crippen LogP contribution is -2.11. The molecule has 0 heterocycles. The topological polar surface area (TPSA) is 87.0 Å². The van der Waals surface area contributed by atoms with Gasteiger partial charge in [-0.25, -0.2) is 8.42 Å². The molecule has 0 aliphatic heterocycles. The van der Waals surface area contributed by atoms with Crippen LogP contribution in [0.25, 0.3) is 0 Å². The van der Waals surface area contributed by atoms with E-state index >= 15 is 0 Å². The Bertz CT molecular complexity index is 612. The monoisotopic (exact) mass is 250 g/mol. The van der Waals surface area contributed by atoms with Crippen LogP contribution in [0.5, 0.6) is 0 Å².